The lowest BCUT2D eigenvalue weighted by Gasteiger charge is -2.38. The molecule has 1 amide bonds. The Morgan fingerprint density at radius 3 is 2.73 bits per heavy atom. The first-order valence-electron chi connectivity index (χ1n) is 7.48. The van der Waals surface area contributed by atoms with Gasteiger partial charge in [0, 0.05) is 12.1 Å². The summed E-state index contributed by atoms with van der Waals surface area (Å²) in [6.07, 6.45) is 6.01. The van der Waals surface area contributed by atoms with Gasteiger partial charge < -0.3 is 13.7 Å². The van der Waals surface area contributed by atoms with Crippen molar-refractivity contribution >= 4 is 5.91 Å². The highest BCUT2D eigenvalue weighted by molar-refractivity contribution is 5.76. The molecular formula is C15H19N3O4. The zero-order chi connectivity index (χ0) is 15.7. The fraction of sp³-hybridized carbons (Fsp3) is 0.533. The monoisotopic (exact) mass is 305 g/mol. The number of furan rings is 1. The van der Waals surface area contributed by atoms with E-state index in [1.807, 2.05) is 18.7 Å². The molecule has 118 valence electrons. The molecule has 3 heterocycles. The van der Waals surface area contributed by atoms with Crippen LogP contribution in [0.1, 0.15) is 33.1 Å². The summed E-state index contributed by atoms with van der Waals surface area (Å²) >= 11 is 0. The van der Waals surface area contributed by atoms with Gasteiger partial charge in [0.15, 0.2) is 0 Å². The first-order valence-corrected chi connectivity index (χ1v) is 7.48. The van der Waals surface area contributed by atoms with Gasteiger partial charge in [0.25, 0.3) is 5.89 Å². The van der Waals surface area contributed by atoms with Crippen molar-refractivity contribution in [1.82, 2.24) is 14.7 Å². The molecule has 1 fully saturated rings. The molecule has 0 N–H and O–H groups in total. The van der Waals surface area contributed by atoms with Gasteiger partial charge in [-0.25, -0.2) is 4.79 Å². The van der Waals surface area contributed by atoms with Crippen LogP contribution < -0.4 is 5.76 Å². The first-order chi connectivity index (χ1) is 10.6. The van der Waals surface area contributed by atoms with Crippen molar-refractivity contribution in [3.8, 4) is 11.5 Å². The normalized spacial score (nSPS) is 22.0. The maximum atomic E-state index is 12.5. The summed E-state index contributed by atoms with van der Waals surface area (Å²) in [7, 11) is 0. The van der Waals surface area contributed by atoms with Gasteiger partial charge in [-0.05, 0) is 39.2 Å². The van der Waals surface area contributed by atoms with Crippen LogP contribution in [0.4, 0.5) is 0 Å². The van der Waals surface area contributed by atoms with Gasteiger partial charge in [0.05, 0.1) is 11.8 Å². The van der Waals surface area contributed by atoms with E-state index < -0.39 is 5.76 Å². The molecule has 0 bridgehead atoms. The first kappa shape index (κ1) is 14.6. The number of carbonyl (C=O) groups excluding carboxylic acids is 1. The quantitative estimate of drug-likeness (QED) is 0.865. The maximum absolute atomic E-state index is 12.5. The summed E-state index contributed by atoms with van der Waals surface area (Å²) in [6.45, 7) is 3.97. The third-order valence-electron chi connectivity index (χ3n) is 4.14. The van der Waals surface area contributed by atoms with Gasteiger partial charge in [0.1, 0.15) is 12.8 Å². The molecule has 7 nitrogen and oxygen atoms in total. The number of carbonyl (C=O) groups is 1. The molecule has 3 rings (SSSR count). The van der Waals surface area contributed by atoms with Gasteiger partial charge in [-0.1, -0.05) is 0 Å². The van der Waals surface area contributed by atoms with Crippen molar-refractivity contribution in [3.63, 3.8) is 0 Å². The predicted molar refractivity (Wildman–Crippen MR) is 78.1 cm³/mol. The largest absolute Gasteiger partial charge is 0.472 e. The third-order valence-corrected chi connectivity index (χ3v) is 4.14. The van der Waals surface area contributed by atoms with Gasteiger partial charge in [0.2, 0.25) is 5.91 Å². The van der Waals surface area contributed by atoms with Crippen molar-refractivity contribution in [3.05, 3.63) is 29.1 Å². The molecule has 7 heteroatoms. The Kier molecular flexibility index (Phi) is 3.87. The summed E-state index contributed by atoms with van der Waals surface area (Å²) in [5.74, 6) is -0.581. The lowest BCUT2D eigenvalue weighted by molar-refractivity contribution is -0.138. The van der Waals surface area contributed by atoms with Crippen molar-refractivity contribution < 1.29 is 13.6 Å². The minimum absolute atomic E-state index is 0.102. The van der Waals surface area contributed by atoms with Crippen LogP contribution in [0.25, 0.3) is 11.5 Å². The van der Waals surface area contributed by atoms with Gasteiger partial charge in [-0.15, -0.1) is 5.10 Å². The molecule has 2 atom stereocenters. The Labute approximate surface area is 127 Å². The van der Waals surface area contributed by atoms with E-state index in [2.05, 4.69) is 5.10 Å². The van der Waals surface area contributed by atoms with E-state index in [-0.39, 0.29) is 30.4 Å². The van der Waals surface area contributed by atoms with Gasteiger partial charge in [-0.3, -0.25) is 4.79 Å². The lowest BCUT2D eigenvalue weighted by atomic mass is 9.97. The van der Waals surface area contributed by atoms with E-state index >= 15 is 0 Å². The van der Waals surface area contributed by atoms with Crippen LogP contribution in [0.2, 0.25) is 0 Å². The van der Waals surface area contributed by atoms with Gasteiger partial charge in [-0.2, -0.15) is 4.68 Å². The van der Waals surface area contributed by atoms with E-state index in [1.165, 1.54) is 12.5 Å². The molecule has 0 spiro atoms. The van der Waals surface area contributed by atoms with Gasteiger partial charge >= 0.3 is 5.76 Å². The zero-order valence-electron chi connectivity index (χ0n) is 12.7. The van der Waals surface area contributed by atoms with Crippen molar-refractivity contribution in [2.75, 3.05) is 0 Å². The Bertz CT molecular complexity index is 691. The van der Waals surface area contributed by atoms with Crippen LogP contribution in [0.5, 0.6) is 0 Å². The lowest BCUT2D eigenvalue weighted by Crippen LogP contribution is -2.49. The number of nitrogens with zero attached hydrogens (tertiary/aromatic N) is 3. The van der Waals surface area contributed by atoms with Crippen LogP contribution in [-0.2, 0) is 11.3 Å². The fourth-order valence-corrected chi connectivity index (χ4v) is 3.03. The Morgan fingerprint density at radius 1 is 1.36 bits per heavy atom. The Morgan fingerprint density at radius 2 is 2.09 bits per heavy atom. The number of hydrogen-bond donors (Lipinski definition) is 0. The molecule has 2 aromatic rings. The Hall–Kier alpha value is -2.31. The topological polar surface area (TPSA) is 81.5 Å². The molecule has 0 saturated carbocycles. The number of likely N-dealkylation sites (tertiary alicyclic amines) is 1. The minimum Gasteiger partial charge on any atom is -0.472 e. The smallest absolute Gasteiger partial charge is 0.437 e. The summed E-state index contributed by atoms with van der Waals surface area (Å²) in [5.41, 5.74) is 0.572. The van der Waals surface area contributed by atoms with E-state index in [0.29, 0.717) is 5.56 Å². The number of aromatic nitrogens is 2. The van der Waals surface area contributed by atoms with Crippen molar-refractivity contribution in [2.24, 2.45) is 0 Å². The SMILES string of the molecule is CC1CCCC(C)N1C(=O)Cn1nc(-c2ccoc2)oc1=O. The summed E-state index contributed by atoms with van der Waals surface area (Å²) in [6, 6.07) is 2.02. The second-order valence-corrected chi connectivity index (χ2v) is 5.77. The zero-order valence-corrected chi connectivity index (χ0v) is 12.7. The average Bonchev–Trinajstić information content (AvgIpc) is 3.09. The van der Waals surface area contributed by atoms with Crippen molar-refractivity contribution in [1.29, 1.82) is 0 Å². The fourth-order valence-electron chi connectivity index (χ4n) is 3.03. The molecule has 2 unspecified atom stereocenters. The summed E-state index contributed by atoms with van der Waals surface area (Å²) in [4.78, 5) is 26.2. The highest BCUT2D eigenvalue weighted by Gasteiger charge is 2.29. The molecular weight excluding hydrogens is 286 g/mol. The predicted octanol–water partition coefficient (Wildman–Crippen LogP) is 1.89. The van der Waals surface area contributed by atoms with E-state index in [0.717, 1.165) is 23.9 Å². The maximum Gasteiger partial charge on any atom is 0.437 e. The molecule has 2 aromatic heterocycles. The van der Waals surface area contributed by atoms with Crippen LogP contribution >= 0.6 is 0 Å². The number of hydrogen-bond acceptors (Lipinski definition) is 5. The molecule has 1 aliphatic rings. The standard InChI is InChI=1S/C15H19N3O4/c1-10-4-3-5-11(2)18(10)13(19)8-17-15(20)22-14(16-17)12-6-7-21-9-12/h6-7,9-11H,3-5,8H2,1-2H3. The second-order valence-electron chi connectivity index (χ2n) is 5.77. The van der Waals surface area contributed by atoms with Crippen LogP contribution in [0.3, 0.4) is 0 Å². The molecule has 22 heavy (non-hydrogen) atoms. The average molecular weight is 305 g/mol. The van der Waals surface area contributed by atoms with Crippen LogP contribution in [0, 0.1) is 0 Å². The molecule has 1 aliphatic heterocycles. The number of rotatable bonds is 3. The second kappa shape index (κ2) is 5.82. The van der Waals surface area contributed by atoms with Crippen LogP contribution in [0.15, 0.2) is 32.2 Å². The molecule has 0 aromatic carbocycles. The summed E-state index contributed by atoms with van der Waals surface area (Å²) < 4.78 is 11.1. The number of piperidine rings is 1. The van der Waals surface area contributed by atoms with Crippen LogP contribution in [-0.4, -0.2) is 32.7 Å². The minimum atomic E-state index is -0.637. The third kappa shape index (κ3) is 2.70. The van der Waals surface area contributed by atoms with E-state index in [1.54, 1.807) is 6.07 Å². The molecule has 1 saturated heterocycles. The number of amides is 1. The Balaban J connectivity index is 1.78. The van der Waals surface area contributed by atoms with E-state index in [4.69, 9.17) is 8.83 Å². The molecule has 0 aliphatic carbocycles. The highest BCUT2D eigenvalue weighted by atomic mass is 16.4. The highest BCUT2D eigenvalue weighted by Crippen LogP contribution is 2.23. The summed E-state index contributed by atoms with van der Waals surface area (Å²) in [5, 5.41) is 4.07. The molecule has 0 radical (unpaired) electrons. The van der Waals surface area contributed by atoms with E-state index in [9.17, 15) is 9.59 Å². The van der Waals surface area contributed by atoms with Crippen molar-refractivity contribution in [2.45, 2.75) is 51.7 Å².